The molecule has 1 unspecified atom stereocenters. The Hall–Kier alpha value is -0.380. The molecule has 92 valence electrons. The van der Waals surface area contributed by atoms with Crippen molar-refractivity contribution in [2.24, 2.45) is 0 Å². The predicted molar refractivity (Wildman–Crippen MR) is 59.0 cm³/mol. The van der Waals surface area contributed by atoms with E-state index in [9.17, 15) is 9.36 Å². The highest BCUT2D eigenvalue weighted by Gasteiger charge is 2.23. The van der Waals surface area contributed by atoms with Gasteiger partial charge in [0.25, 0.3) is 0 Å². The number of aliphatic carboxylic acids is 1. The van der Waals surface area contributed by atoms with Crippen molar-refractivity contribution >= 4 is 13.6 Å². The number of unbranched alkanes of at least 4 members (excludes halogenated alkanes) is 1. The second-order valence-corrected chi connectivity index (χ2v) is 5.43. The monoisotopic (exact) mass is 240 g/mol. The summed E-state index contributed by atoms with van der Waals surface area (Å²) in [6, 6.07) is 0. The summed E-state index contributed by atoms with van der Waals surface area (Å²) in [7, 11) is -4.08. The molecule has 0 aromatic rings. The maximum atomic E-state index is 10.4. The molecule has 0 rings (SSSR count). The molecule has 6 heteroatoms. The average molecular weight is 240 g/mol. The van der Waals surface area contributed by atoms with E-state index in [4.69, 9.17) is 14.9 Å². The van der Waals surface area contributed by atoms with Gasteiger partial charge in [0, 0.05) is 6.42 Å². The molecule has 0 amide bonds. The molecule has 0 heterocycles. The van der Waals surface area contributed by atoms with Crippen LogP contribution in [-0.4, -0.2) is 26.5 Å². The Morgan fingerprint density at radius 1 is 1.27 bits per heavy atom. The Morgan fingerprint density at radius 3 is 1.87 bits per heavy atom. The molecule has 0 aromatic carbocycles. The van der Waals surface area contributed by atoms with Crippen LogP contribution in [0.5, 0.6) is 0 Å². The molecular formula is C9H21O5P. The molecule has 0 spiro atoms. The lowest BCUT2D eigenvalue weighted by molar-refractivity contribution is -0.137. The second kappa shape index (κ2) is 8.89. The molecular weight excluding hydrogens is 219 g/mol. The first-order valence-corrected chi connectivity index (χ1v) is 6.70. The van der Waals surface area contributed by atoms with Crippen LogP contribution in [0, 0.1) is 0 Å². The third kappa shape index (κ3) is 13.6. The van der Waals surface area contributed by atoms with Crippen molar-refractivity contribution in [3.8, 4) is 0 Å². The topological polar surface area (TPSA) is 94.8 Å². The molecule has 0 aliphatic heterocycles. The summed E-state index contributed by atoms with van der Waals surface area (Å²) in [5.41, 5.74) is -0.862. The summed E-state index contributed by atoms with van der Waals surface area (Å²) in [4.78, 5) is 27.0. The van der Waals surface area contributed by atoms with Gasteiger partial charge < -0.3 is 14.9 Å². The Morgan fingerprint density at radius 2 is 1.67 bits per heavy atom. The van der Waals surface area contributed by atoms with E-state index in [1.54, 1.807) is 0 Å². The van der Waals surface area contributed by atoms with Crippen molar-refractivity contribution in [3.63, 3.8) is 0 Å². The van der Waals surface area contributed by atoms with E-state index in [1.807, 2.05) is 0 Å². The highest BCUT2D eigenvalue weighted by molar-refractivity contribution is 7.52. The van der Waals surface area contributed by atoms with Gasteiger partial charge in [-0.3, -0.25) is 9.36 Å². The first-order valence-electron chi connectivity index (χ1n) is 5.02. The summed E-state index contributed by atoms with van der Waals surface area (Å²) in [5.74, 6) is -1.04. The molecule has 0 aliphatic rings. The third-order valence-corrected chi connectivity index (χ3v) is 3.26. The van der Waals surface area contributed by atoms with Crippen molar-refractivity contribution in [2.45, 2.75) is 52.1 Å². The van der Waals surface area contributed by atoms with Gasteiger partial charge in [-0.05, 0) is 6.42 Å². The van der Waals surface area contributed by atoms with Crippen LogP contribution in [0.4, 0.5) is 0 Å². The normalized spacial score (nSPS) is 12.6. The Bertz CT molecular complexity index is 209. The molecule has 0 fully saturated rings. The zero-order valence-corrected chi connectivity index (χ0v) is 10.4. The fraction of sp³-hybridized carbons (Fsp3) is 0.889. The van der Waals surface area contributed by atoms with E-state index in [0.717, 1.165) is 0 Å². The van der Waals surface area contributed by atoms with Gasteiger partial charge in [0.1, 0.15) is 0 Å². The largest absolute Gasteiger partial charge is 0.481 e. The minimum absolute atomic E-state index is 0.0135. The lowest BCUT2D eigenvalue weighted by atomic mass is 10.2. The zero-order valence-electron chi connectivity index (χ0n) is 9.51. The molecule has 3 N–H and O–H groups in total. The Labute approximate surface area is 90.7 Å². The van der Waals surface area contributed by atoms with E-state index >= 15 is 0 Å². The Kier molecular flexibility index (Phi) is 10.1. The van der Waals surface area contributed by atoms with Gasteiger partial charge in [-0.2, -0.15) is 0 Å². The third-order valence-electron chi connectivity index (χ3n) is 1.85. The smallest absolute Gasteiger partial charge is 0.328 e. The number of carboxylic acid groups (broad SMARTS) is 1. The van der Waals surface area contributed by atoms with Gasteiger partial charge in [0.15, 0.2) is 0 Å². The number of carbonyl (C=O) groups is 1. The van der Waals surface area contributed by atoms with Crippen LogP contribution in [0.3, 0.4) is 0 Å². The molecule has 5 nitrogen and oxygen atoms in total. The second-order valence-electron chi connectivity index (χ2n) is 3.37. The average Bonchev–Trinajstić information content (AvgIpc) is 2.13. The summed E-state index contributed by atoms with van der Waals surface area (Å²) >= 11 is 0. The van der Waals surface area contributed by atoms with Gasteiger partial charge >= 0.3 is 13.6 Å². The molecule has 1 atom stereocenters. The van der Waals surface area contributed by atoms with Crippen LogP contribution in [0.15, 0.2) is 0 Å². The van der Waals surface area contributed by atoms with E-state index in [1.165, 1.54) is 19.8 Å². The fourth-order valence-corrected chi connectivity index (χ4v) is 0.966. The minimum atomic E-state index is -4.08. The SMILES string of the molecule is CC(CCC(=O)O)P(=O)(O)O.CCCC. The molecule has 0 aliphatic carbocycles. The summed E-state index contributed by atoms with van der Waals surface area (Å²) in [5, 5.41) is 8.18. The number of rotatable bonds is 5. The lowest BCUT2D eigenvalue weighted by Gasteiger charge is -2.10. The number of hydrogen-bond donors (Lipinski definition) is 3. The van der Waals surface area contributed by atoms with Crippen LogP contribution in [0.1, 0.15) is 46.5 Å². The van der Waals surface area contributed by atoms with Gasteiger partial charge in [0.2, 0.25) is 0 Å². The molecule has 0 bridgehead atoms. The van der Waals surface area contributed by atoms with Gasteiger partial charge in [0.05, 0.1) is 5.66 Å². The summed E-state index contributed by atoms with van der Waals surface area (Å²) < 4.78 is 10.4. The molecule has 0 aromatic heterocycles. The quantitative estimate of drug-likeness (QED) is 0.640. The van der Waals surface area contributed by atoms with Crippen molar-refractivity contribution in [1.82, 2.24) is 0 Å². The summed E-state index contributed by atoms with van der Waals surface area (Å²) in [6.45, 7) is 5.70. The first kappa shape index (κ1) is 17.0. The van der Waals surface area contributed by atoms with Gasteiger partial charge in [-0.15, -0.1) is 0 Å². The van der Waals surface area contributed by atoms with E-state index < -0.39 is 19.2 Å². The zero-order chi connectivity index (χ0) is 12.5. The van der Waals surface area contributed by atoms with Gasteiger partial charge in [-0.25, -0.2) is 0 Å². The fourth-order valence-electron chi connectivity index (χ4n) is 0.501. The highest BCUT2D eigenvalue weighted by atomic mass is 31.2. The van der Waals surface area contributed by atoms with Crippen LogP contribution < -0.4 is 0 Å². The van der Waals surface area contributed by atoms with Crippen LogP contribution >= 0.6 is 7.60 Å². The standard InChI is InChI=1S/C5H11O5P.C4H10/c1-4(11(8,9)10)2-3-5(6)7;1-3-4-2/h4H,2-3H2,1H3,(H,6,7)(H2,8,9,10);3-4H2,1-2H3. The summed E-state index contributed by atoms with van der Waals surface area (Å²) in [6.07, 6.45) is 2.45. The van der Waals surface area contributed by atoms with Crippen LogP contribution in [0.2, 0.25) is 0 Å². The maximum absolute atomic E-state index is 10.4. The Balaban J connectivity index is 0. The molecule has 15 heavy (non-hydrogen) atoms. The molecule has 0 radical (unpaired) electrons. The van der Waals surface area contributed by atoms with E-state index in [-0.39, 0.29) is 12.8 Å². The molecule has 0 saturated heterocycles. The van der Waals surface area contributed by atoms with Crippen LogP contribution in [0.25, 0.3) is 0 Å². The van der Waals surface area contributed by atoms with Crippen LogP contribution in [-0.2, 0) is 9.36 Å². The number of hydrogen-bond acceptors (Lipinski definition) is 2. The first-order chi connectivity index (χ1) is 6.75. The highest BCUT2D eigenvalue weighted by Crippen LogP contribution is 2.42. The van der Waals surface area contributed by atoms with E-state index in [0.29, 0.717) is 0 Å². The van der Waals surface area contributed by atoms with Gasteiger partial charge in [-0.1, -0.05) is 33.6 Å². The van der Waals surface area contributed by atoms with Crippen molar-refractivity contribution in [3.05, 3.63) is 0 Å². The van der Waals surface area contributed by atoms with Crippen molar-refractivity contribution < 1.29 is 24.3 Å². The van der Waals surface area contributed by atoms with E-state index in [2.05, 4.69) is 13.8 Å². The maximum Gasteiger partial charge on any atom is 0.328 e. The molecule has 0 saturated carbocycles. The lowest BCUT2D eigenvalue weighted by Crippen LogP contribution is -2.06. The minimum Gasteiger partial charge on any atom is -0.481 e. The number of carboxylic acids is 1. The van der Waals surface area contributed by atoms with Crippen molar-refractivity contribution in [1.29, 1.82) is 0 Å². The predicted octanol–water partition coefficient (Wildman–Crippen LogP) is 2.22. The van der Waals surface area contributed by atoms with Crippen molar-refractivity contribution in [2.75, 3.05) is 0 Å².